The SMILES string of the molecule is C1N2CN3CN1CN(C2)C3.NC(=S)C(N)=S. The molecule has 4 bridgehead atoms. The lowest BCUT2D eigenvalue weighted by atomic mass is 10.4. The zero-order valence-electron chi connectivity index (χ0n) is 9.00. The Morgan fingerprint density at radius 1 is 0.625 bits per heavy atom. The first kappa shape index (κ1) is 12.1. The molecule has 8 heteroatoms. The van der Waals surface area contributed by atoms with Crippen molar-refractivity contribution in [3.05, 3.63) is 0 Å². The summed E-state index contributed by atoms with van der Waals surface area (Å²) < 4.78 is 0. The lowest BCUT2D eigenvalue weighted by molar-refractivity contribution is -0.194. The normalized spacial score (nSPS) is 38.8. The Balaban J connectivity index is 0.000000142. The summed E-state index contributed by atoms with van der Waals surface area (Å²) in [5.41, 5.74) is 9.80. The van der Waals surface area contributed by atoms with Gasteiger partial charge in [-0.1, -0.05) is 24.4 Å². The van der Waals surface area contributed by atoms with Gasteiger partial charge in [0.2, 0.25) is 0 Å². The van der Waals surface area contributed by atoms with E-state index in [0.29, 0.717) is 0 Å². The number of nitrogens with two attached hydrogens (primary N) is 2. The van der Waals surface area contributed by atoms with Gasteiger partial charge in [-0.05, 0) is 0 Å². The third kappa shape index (κ3) is 2.84. The van der Waals surface area contributed by atoms with Crippen molar-refractivity contribution in [2.75, 3.05) is 40.0 Å². The highest BCUT2D eigenvalue weighted by Crippen LogP contribution is 2.20. The summed E-state index contributed by atoms with van der Waals surface area (Å²) in [6.45, 7) is 7.12. The molecule has 0 aromatic rings. The van der Waals surface area contributed by atoms with Crippen LogP contribution in [0.4, 0.5) is 0 Å². The van der Waals surface area contributed by atoms with Crippen molar-refractivity contribution in [2.24, 2.45) is 11.5 Å². The molecule has 90 valence electrons. The van der Waals surface area contributed by atoms with Crippen LogP contribution in [0.2, 0.25) is 0 Å². The van der Waals surface area contributed by atoms with E-state index in [9.17, 15) is 0 Å². The molecule has 0 spiro atoms. The van der Waals surface area contributed by atoms with Crippen LogP contribution >= 0.6 is 24.4 Å². The van der Waals surface area contributed by atoms with Crippen LogP contribution in [0.3, 0.4) is 0 Å². The molecular formula is C8H16N6S2. The Morgan fingerprint density at radius 2 is 0.812 bits per heavy atom. The molecule has 0 radical (unpaired) electrons. The van der Waals surface area contributed by atoms with Gasteiger partial charge >= 0.3 is 0 Å². The lowest BCUT2D eigenvalue weighted by Gasteiger charge is -2.56. The first-order valence-electron chi connectivity index (χ1n) is 5.03. The molecule has 4 N–H and O–H groups in total. The van der Waals surface area contributed by atoms with Gasteiger partial charge in [-0.2, -0.15) is 0 Å². The summed E-state index contributed by atoms with van der Waals surface area (Å²) in [5, 5.41) is 0. The van der Waals surface area contributed by atoms with Crippen LogP contribution in [0.15, 0.2) is 0 Å². The molecule has 6 nitrogen and oxygen atoms in total. The predicted molar refractivity (Wildman–Crippen MR) is 70.1 cm³/mol. The van der Waals surface area contributed by atoms with Gasteiger partial charge in [0.1, 0.15) is 9.98 Å². The maximum absolute atomic E-state index is 4.90. The summed E-state index contributed by atoms with van der Waals surface area (Å²) in [7, 11) is 0. The molecule has 0 amide bonds. The van der Waals surface area contributed by atoms with E-state index in [2.05, 4.69) is 44.0 Å². The van der Waals surface area contributed by atoms with Crippen LogP contribution in [0, 0.1) is 0 Å². The second-order valence-electron chi connectivity index (χ2n) is 4.26. The van der Waals surface area contributed by atoms with E-state index in [1.54, 1.807) is 0 Å². The highest BCUT2D eigenvalue weighted by Gasteiger charge is 2.36. The van der Waals surface area contributed by atoms with Crippen molar-refractivity contribution in [3.63, 3.8) is 0 Å². The quantitative estimate of drug-likeness (QED) is 0.512. The second kappa shape index (κ2) is 4.86. The van der Waals surface area contributed by atoms with Gasteiger partial charge in [-0.15, -0.1) is 0 Å². The van der Waals surface area contributed by atoms with E-state index < -0.39 is 0 Å². The van der Waals surface area contributed by atoms with Gasteiger partial charge in [0, 0.05) is 0 Å². The summed E-state index contributed by atoms with van der Waals surface area (Å²) in [4.78, 5) is 10.1. The molecule has 0 aromatic carbocycles. The zero-order valence-corrected chi connectivity index (χ0v) is 10.6. The number of hydrogen-bond acceptors (Lipinski definition) is 6. The topological polar surface area (TPSA) is 65.0 Å². The monoisotopic (exact) mass is 260 g/mol. The molecule has 4 rings (SSSR count). The van der Waals surface area contributed by atoms with E-state index in [0.717, 1.165) is 0 Å². The molecule has 4 saturated heterocycles. The van der Waals surface area contributed by atoms with Crippen molar-refractivity contribution in [1.82, 2.24) is 19.6 Å². The van der Waals surface area contributed by atoms with Gasteiger partial charge in [0.25, 0.3) is 0 Å². The van der Waals surface area contributed by atoms with Crippen LogP contribution in [0.5, 0.6) is 0 Å². The summed E-state index contributed by atoms with van der Waals surface area (Å²) in [5.74, 6) is 0. The minimum absolute atomic E-state index is 0.102. The van der Waals surface area contributed by atoms with Crippen LogP contribution < -0.4 is 11.5 Å². The molecule has 4 aliphatic heterocycles. The van der Waals surface area contributed by atoms with Gasteiger partial charge in [-0.25, -0.2) is 0 Å². The molecule has 0 unspecified atom stereocenters. The van der Waals surface area contributed by atoms with Crippen LogP contribution in [0.25, 0.3) is 0 Å². The molecule has 4 fully saturated rings. The molecule has 0 aromatic heterocycles. The Hall–Kier alpha value is -0.380. The van der Waals surface area contributed by atoms with E-state index in [1.807, 2.05) is 0 Å². The Morgan fingerprint density at radius 3 is 0.938 bits per heavy atom. The maximum Gasteiger partial charge on any atom is 0.131 e. The summed E-state index contributed by atoms with van der Waals surface area (Å²) in [6, 6.07) is 0. The van der Waals surface area contributed by atoms with Crippen LogP contribution in [-0.4, -0.2) is 69.6 Å². The number of hydrogen-bond donors (Lipinski definition) is 2. The largest absolute Gasteiger partial charge is 0.388 e. The van der Waals surface area contributed by atoms with E-state index in [4.69, 9.17) is 11.5 Å². The van der Waals surface area contributed by atoms with Gasteiger partial charge in [-0.3, -0.25) is 19.6 Å². The van der Waals surface area contributed by atoms with Crippen molar-refractivity contribution < 1.29 is 0 Å². The van der Waals surface area contributed by atoms with Crippen molar-refractivity contribution in [3.8, 4) is 0 Å². The summed E-state index contributed by atoms with van der Waals surface area (Å²) >= 11 is 8.66. The molecule has 0 atom stereocenters. The minimum Gasteiger partial charge on any atom is -0.388 e. The first-order chi connectivity index (χ1) is 7.54. The van der Waals surface area contributed by atoms with E-state index in [1.165, 1.54) is 40.0 Å². The smallest absolute Gasteiger partial charge is 0.131 e. The predicted octanol–water partition coefficient (Wildman–Crippen LogP) is -1.46. The van der Waals surface area contributed by atoms with E-state index >= 15 is 0 Å². The molecule has 4 aliphatic rings. The molecule has 0 aliphatic carbocycles. The Bertz CT molecular complexity index is 238. The molecule has 4 heterocycles. The average molecular weight is 260 g/mol. The standard InChI is InChI=1S/C6H12N4.C2H4N2S2/c1-7-2-9-4-8(1)5-10(3-7)6-9;3-1(5)2(4)6/h1-6H2;(H2,3,5)(H2,4,6). The minimum atomic E-state index is 0.102. The fourth-order valence-electron chi connectivity index (χ4n) is 2.23. The Kier molecular flexibility index (Phi) is 3.67. The first-order valence-corrected chi connectivity index (χ1v) is 5.85. The molecule has 0 saturated carbocycles. The zero-order chi connectivity index (χ0) is 11.7. The van der Waals surface area contributed by atoms with Gasteiger partial charge < -0.3 is 11.5 Å². The molecular weight excluding hydrogens is 244 g/mol. The molecule has 16 heavy (non-hydrogen) atoms. The van der Waals surface area contributed by atoms with Crippen LogP contribution in [-0.2, 0) is 0 Å². The van der Waals surface area contributed by atoms with Crippen molar-refractivity contribution >= 4 is 34.4 Å². The van der Waals surface area contributed by atoms with Gasteiger partial charge in [0.15, 0.2) is 0 Å². The maximum atomic E-state index is 4.90. The second-order valence-corrected chi connectivity index (χ2v) is 5.14. The number of thiocarbonyl (C=S) groups is 2. The van der Waals surface area contributed by atoms with Crippen molar-refractivity contribution in [2.45, 2.75) is 0 Å². The highest BCUT2D eigenvalue weighted by molar-refractivity contribution is 7.89. The average Bonchev–Trinajstić information content (AvgIpc) is 2.15. The van der Waals surface area contributed by atoms with Crippen LogP contribution in [0.1, 0.15) is 0 Å². The summed E-state index contributed by atoms with van der Waals surface area (Å²) in [6.07, 6.45) is 0. The van der Waals surface area contributed by atoms with Crippen molar-refractivity contribution in [1.29, 1.82) is 0 Å². The van der Waals surface area contributed by atoms with Gasteiger partial charge in [0.05, 0.1) is 40.0 Å². The fourth-order valence-corrected chi connectivity index (χ4v) is 2.23. The third-order valence-corrected chi connectivity index (χ3v) is 3.21. The fraction of sp³-hybridized carbons (Fsp3) is 0.750. The number of rotatable bonds is 0. The third-order valence-electron chi connectivity index (χ3n) is 2.64. The Labute approximate surface area is 106 Å². The lowest BCUT2D eigenvalue weighted by Crippen LogP contribution is -2.71. The number of nitrogens with zero attached hydrogens (tertiary/aromatic N) is 4. The highest BCUT2D eigenvalue weighted by atomic mass is 32.1. The van der Waals surface area contributed by atoms with E-state index in [-0.39, 0.29) is 9.98 Å².